The molecule has 90 valence electrons. The maximum absolute atomic E-state index is 9.72. The largest absolute Gasteiger partial charge is 0.391 e. The van der Waals surface area contributed by atoms with Crippen LogP contribution in [0.5, 0.6) is 0 Å². The van der Waals surface area contributed by atoms with Crippen LogP contribution < -0.4 is 4.90 Å². The lowest BCUT2D eigenvalue weighted by atomic mass is 10.1. The third kappa shape index (κ3) is 1.76. The quantitative estimate of drug-likeness (QED) is 0.794. The lowest BCUT2D eigenvalue weighted by Gasteiger charge is -2.31. The number of aromatic nitrogens is 3. The van der Waals surface area contributed by atoms with Crippen molar-refractivity contribution in [2.75, 3.05) is 18.0 Å². The number of fused-ring (bicyclic) bond motifs is 1. The van der Waals surface area contributed by atoms with Gasteiger partial charge in [0.05, 0.1) is 17.9 Å². The summed E-state index contributed by atoms with van der Waals surface area (Å²) in [6.45, 7) is 1.60. The zero-order chi connectivity index (χ0) is 11.8. The van der Waals surface area contributed by atoms with E-state index in [1.807, 2.05) is 17.7 Å². The smallest absolute Gasteiger partial charge is 0.156 e. The van der Waals surface area contributed by atoms with Gasteiger partial charge in [0.2, 0.25) is 0 Å². The van der Waals surface area contributed by atoms with Gasteiger partial charge in [0.25, 0.3) is 0 Å². The molecular weight excluding hydrogens is 216 g/mol. The summed E-state index contributed by atoms with van der Waals surface area (Å²) < 4.78 is 1.99. The van der Waals surface area contributed by atoms with E-state index in [0.29, 0.717) is 6.54 Å². The molecule has 1 aliphatic heterocycles. The van der Waals surface area contributed by atoms with Gasteiger partial charge in [0.15, 0.2) is 5.82 Å². The van der Waals surface area contributed by atoms with Crippen molar-refractivity contribution in [1.82, 2.24) is 14.5 Å². The maximum Gasteiger partial charge on any atom is 0.156 e. The van der Waals surface area contributed by atoms with E-state index in [0.717, 1.165) is 36.2 Å². The molecule has 0 amide bonds. The fourth-order valence-electron chi connectivity index (χ4n) is 2.43. The Labute approximate surface area is 99.7 Å². The van der Waals surface area contributed by atoms with Crippen LogP contribution in [0.1, 0.15) is 12.8 Å². The highest BCUT2D eigenvalue weighted by atomic mass is 16.3. The summed E-state index contributed by atoms with van der Waals surface area (Å²) in [6, 6.07) is 1.96. The van der Waals surface area contributed by atoms with Gasteiger partial charge in [-0.1, -0.05) is 0 Å². The number of hydrogen-bond donors (Lipinski definition) is 1. The van der Waals surface area contributed by atoms with Gasteiger partial charge < -0.3 is 14.6 Å². The standard InChI is InChI=1S/C12H16N4O/c1-15-8-14-11-10(15)4-5-13-12(11)16-6-2-3-9(17)7-16/h4-5,8-9,17H,2-3,6-7H2,1H3. The number of aliphatic hydroxyl groups is 1. The first-order valence-electron chi connectivity index (χ1n) is 5.95. The van der Waals surface area contributed by atoms with Crippen molar-refractivity contribution in [2.24, 2.45) is 7.05 Å². The fraction of sp³-hybridized carbons (Fsp3) is 0.500. The molecule has 3 heterocycles. The van der Waals surface area contributed by atoms with Gasteiger partial charge in [-0.25, -0.2) is 9.97 Å². The molecule has 1 saturated heterocycles. The molecule has 0 aromatic carbocycles. The minimum atomic E-state index is -0.246. The van der Waals surface area contributed by atoms with Crippen LogP contribution in [-0.2, 0) is 7.05 Å². The van der Waals surface area contributed by atoms with Crippen molar-refractivity contribution in [1.29, 1.82) is 0 Å². The third-order valence-electron chi connectivity index (χ3n) is 3.32. The molecule has 17 heavy (non-hydrogen) atoms. The zero-order valence-corrected chi connectivity index (χ0v) is 9.87. The number of β-amino-alcohol motifs (C(OH)–C–C–N with tert-alkyl or cyclic N) is 1. The molecular formula is C12H16N4O. The molecule has 1 atom stereocenters. The number of aryl methyl sites for hydroxylation is 1. The first kappa shape index (κ1) is 10.5. The van der Waals surface area contributed by atoms with Gasteiger partial charge in [0, 0.05) is 26.3 Å². The average Bonchev–Trinajstić information content (AvgIpc) is 2.71. The second-order valence-corrected chi connectivity index (χ2v) is 4.60. The highest BCUT2D eigenvalue weighted by molar-refractivity contribution is 5.86. The van der Waals surface area contributed by atoms with Gasteiger partial charge in [-0.05, 0) is 18.9 Å². The Hall–Kier alpha value is -1.62. The second kappa shape index (κ2) is 4.00. The van der Waals surface area contributed by atoms with E-state index in [-0.39, 0.29) is 6.10 Å². The molecule has 5 heteroatoms. The fourth-order valence-corrected chi connectivity index (χ4v) is 2.43. The first-order valence-corrected chi connectivity index (χ1v) is 5.95. The van der Waals surface area contributed by atoms with Crippen LogP contribution in [-0.4, -0.2) is 38.8 Å². The number of anilines is 1. The number of rotatable bonds is 1. The lowest BCUT2D eigenvalue weighted by Crippen LogP contribution is -2.38. The molecule has 0 saturated carbocycles. The summed E-state index contributed by atoms with van der Waals surface area (Å²) in [5, 5.41) is 9.72. The van der Waals surface area contributed by atoms with Crippen molar-refractivity contribution in [2.45, 2.75) is 18.9 Å². The van der Waals surface area contributed by atoms with Gasteiger partial charge in [-0.15, -0.1) is 0 Å². The van der Waals surface area contributed by atoms with Crippen molar-refractivity contribution < 1.29 is 5.11 Å². The molecule has 1 N–H and O–H groups in total. The average molecular weight is 232 g/mol. The summed E-state index contributed by atoms with van der Waals surface area (Å²) in [4.78, 5) is 10.9. The minimum Gasteiger partial charge on any atom is -0.391 e. The number of nitrogens with zero attached hydrogens (tertiary/aromatic N) is 4. The summed E-state index contributed by atoms with van der Waals surface area (Å²) >= 11 is 0. The predicted molar refractivity (Wildman–Crippen MR) is 66.0 cm³/mol. The van der Waals surface area contributed by atoms with Crippen molar-refractivity contribution in [3.8, 4) is 0 Å². The number of imidazole rings is 1. The van der Waals surface area contributed by atoms with E-state index in [1.165, 1.54) is 0 Å². The summed E-state index contributed by atoms with van der Waals surface area (Å²) in [5.74, 6) is 0.891. The number of piperidine rings is 1. The Balaban J connectivity index is 2.04. The van der Waals surface area contributed by atoms with Crippen LogP contribution in [0.25, 0.3) is 11.0 Å². The molecule has 0 radical (unpaired) electrons. The number of pyridine rings is 1. The molecule has 5 nitrogen and oxygen atoms in total. The van der Waals surface area contributed by atoms with E-state index in [1.54, 1.807) is 12.5 Å². The van der Waals surface area contributed by atoms with E-state index >= 15 is 0 Å². The number of aliphatic hydroxyl groups excluding tert-OH is 1. The Morgan fingerprint density at radius 2 is 2.29 bits per heavy atom. The van der Waals surface area contributed by atoms with Crippen LogP contribution in [0.3, 0.4) is 0 Å². The van der Waals surface area contributed by atoms with E-state index in [9.17, 15) is 5.11 Å². The van der Waals surface area contributed by atoms with E-state index < -0.39 is 0 Å². The Morgan fingerprint density at radius 3 is 3.12 bits per heavy atom. The van der Waals surface area contributed by atoms with E-state index in [4.69, 9.17) is 0 Å². The van der Waals surface area contributed by atoms with Crippen molar-refractivity contribution in [3.05, 3.63) is 18.6 Å². The molecule has 0 spiro atoms. The van der Waals surface area contributed by atoms with Gasteiger partial charge >= 0.3 is 0 Å². The normalized spacial score (nSPS) is 21.1. The topological polar surface area (TPSA) is 54.2 Å². The Bertz CT molecular complexity index is 536. The third-order valence-corrected chi connectivity index (χ3v) is 3.32. The molecule has 3 rings (SSSR count). The SMILES string of the molecule is Cn1cnc2c(N3CCCC(O)C3)nccc21. The minimum absolute atomic E-state index is 0.246. The Kier molecular flexibility index (Phi) is 2.48. The van der Waals surface area contributed by atoms with Crippen LogP contribution >= 0.6 is 0 Å². The second-order valence-electron chi connectivity index (χ2n) is 4.60. The molecule has 1 fully saturated rings. The maximum atomic E-state index is 9.72. The first-order chi connectivity index (χ1) is 8.25. The molecule has 0 bridgehead atoms. The molecule has 0 aliphatic carbocycles. The lowest BCUT2D eigenvalue weighted by molar-refractivity contribution is 0.154. The molecule has 1 aliphatic rings. The number of hydrogen-bond acceptors (Lipinski definition) is 4. The van der Waals surface area contributed by atoms with Crippen LogP contribution in [0.2, 0.25) is 0 Å². The van der Waals surface area contributed by atoms with Gasteiger partial charge in [0.1, 0.15) is 5.52 Å². The van der Waals surface area contributed by atoms with Crippen LogP contribution in [0, 0.1) is 0 Å². The molecule has 1 unspecified atom stereocenters. The molecule has 2 aromatic heterocycles. The summed E-state index contributed by atoms with van der Waals surface area (Å²) in [7, 11) is 1.98. The summed E-state index contributed by atoms with van der Waals surface area (Å²) in [5.41, 5.74) is 2.00. The summed E-state index contributed by atoms with van der Waals surface area (Å²) in [6.07, 6.45) is 5.25. The van der Waals surface area contributed by atoms with Crippen molar-refractivity contribution >= 4 is 16.9 Å². The highest BCUT2D eigenvalue weighted by Gasteiger charge is 2.21. The van der Waals surface area contributed by atoms with Crippen LogP contribution in [0.4, 0.5) is 5.82 Å². The highest BCUT2D eigenvalue weighted by Crippen LogP contribution is 2.25. The van der Waals surface area contributed by atoms with Gasteiger partial charge in [-0.2, -0.15) is 0 Å². The molecule has 2 aromatic rings. The van der Waals surface area contributed by atoms with Crippen molar-refractivity contribution in [3.63, 3.8) is 0 Å². The Morgan fingerprint density at radius 1 is 1.41 bits per heavy atom. The predicted octanol–water partition coefficient (Wildman–Crippen LogP) is 0.929. The monoisotopic (exact) mass is 232 g/mol. The van der Waals surface area contributed by atoms with Crippen LogP contribution in [0.15, 0.2) is 18.6 Å². The zero-order valence-electron chi connectivity index (χ0n) is 9.87. The van der Waals surface area contributed by atoms with E-state index in [2.05, 4.69) is 14.9 Å². The van der Waals surface area contributed by atoms with Gasteiger partial charge in [-0.3, -0.25) is 0 Å².